The summed E-state index contributed by atoms with van der Waals surface area (Å²) in [4.78, 5) is 11.7. The Labute approximate surface area is 83.2 Å². The summed E-state index contributed by atoms with van der Waals surface area (Å²) in [7, 11) is 0. The fourth-order valence-electron chi connectivity index (χ4n) is 1.29. The predicted octanol–water partition coefficient (Wildman–Crippen LogP) is 2.60. The third kappa shape index (κ3) is 1.66. The van der Waals surface area contributed by atoms with Crippen molar-refractivity contribution in [1.29, 1.82) is 0 Å². The van der Waals surface area contributed by atoms with E-state index in [9.17, 15) is 0 Å². The van der Waals surface area contributed by atoms with Crippen LogP contribution in [0.5, 0.6) is 0 Å². The lowest BCUT2D eigenvalue weighted by Crippen LogP contribution is -1.89. The second kappa shape index (κ2) is 3.62. The Hall–Kier alpha value is -1.64. The van der Waals surface area contributed by atoms with E-state index in [0.29, 0.717) is 5.92 Å². The van der Waals surface area contributed by atoms with Crippen molar-refractivity contribution in [2.45, 2.75) is 19.8 Å². The Morgan fingerprint density at radius 2 is 2.21 bits per heavy atom. The van der Waals surface area contributed by atoms with Crippen molar-refractivity contribution >= 4 is 0 Å². The highest BCUT2D eigenvalue weighted by Crippen LogP contribution is 2.18. The molecule has 3 nitrogen and oxygen atoms in total. The summed E-state index contributed by atoms with van der Waals surface area (Å²) in [5, 5.41) is 0. The van der Waals surface area contributed by atoms with Crippen LogP contribution in [-0.4, -0.2) is 15.0 Å². The first-order valence-electron chi connectivity index (χ1n) is 4.73. The van der Waals surface area contributed by atoms with Crippen LogP contribution in [-0.2, 0) is 0 Å². The normalized spacial score (nSPS) is 10.8. The van der Waals surface area contributed by atoms with Gasteiger partial charge in [-0.05, 0) is 12.1 Å². The summed E-state index contributed by atoms with van der Waals surface area (Å²) < 4.78 is 0. The van der Waals surface area contributed by atoms with E-state index >= 15 is 0 Å². The van der Waals surface area contributed by atoms with E-state index in [1.165, 1.54) is 0 Å². The number of aromatic amines is 1. The van der Waals surface area contributed by atoms with Gasteiger partial charge in [-0.1, -0.05) is 13.8 Å². The molecule has 3 heteroatoms. The fourth-order valence-corrected chi connectivity index (χ4v) is 1.29. The number of H-pyrrole nitrogens is 1. The van der Waals surface area contributed by atoms with Crippen LogP contribution >= 0.6 is 0 Å². The van der Waals surface area contributed by atoms with Gasteiger partial charge in [-0.3, -0.25) is 4.98 Å². The molecule has 0 aliphatic heterocycles. The number of rotatable bonds is 2. The molecular formula is C11H13N3. The summed E-state index contributed by atoms with van der Waals surface area (Å²) in [5.41, 5.74) is 2.01. The van der Waals surface area contributed by atoms with Gasteiger partial charge in [0, 0.05) is 30.1 Å². The quantitative estimate of drug-likeness (QED) is 0.785. The lowest BCUT2D eigenvalue weighted by molar-refractivity contribution is 0.795. The molecule has 0 bridgehead atoms. The molecule has 1 N–H and O–H groups in total. The van der Waals surface area contributed by atoms with Crippen molar-refractivity contribution in [3.63, 3.8) is 0 Å². The Kier molecular flexibility index (Phi) is 2.31. The van der Waals surface area contributed by atoms with Gasteiger partial charge < -0.3 is 4.98 Å². The topological polar surface area (TPSA) is 41.6 Å². The second-order valence-electron chi connectivity index (χ2n) is 3.57. The zero-order valence-corrected chi connectivity index (χ0v) is 8.36. The number of imidazole rings is 1. The van der Waals surface area contributed by atoms with Crippen LogP contribution in [0.3, 0.4) is 0 Å². The van der Waals surface area contributed by atoms with Gasteiger partial charge in [0.2, 0.25) is 0 Å². The minimum atomic E-state index is 0.431. The largest absolute Gasteiger partial charge is 0.348 e. The molecule has 0 spiro atoms. The predicted molar refractivity (Wildman–Crippen MR) is 55.9 cm³/mol. The molecule has 0 amide bonds. The molecule has 0 saturated carbocycles. The van der Waals surface area contributed by atoms with Crippen LogP contribution in [0, 0.1) is 0 Å². The lowest BCUT2D eigenvalue weighted by atomic mass is 10.2. The molecular weight excluding hydrogens is 174 g/mol. The van der Waals surface area contributed by atoms with E-state index in [1.54, 1.807) is 6.20 Å². The fraction of sp³-hybridized carbons (Fsp3) is 0.273. The molecule has 0 radical (unpaired) electrons. The van der Waals surface area contributed by atoms with Gasteiger partial charge in [0.15, 0.2) is 0 Å². The average molecular weight is 187 g/mol. The van der Waals surface area contributed by atoms with Gasteiger partial charge in [-0.15, -0.1) is 0 Å². The smallest absolute Gasteiger partial charge is 0.109 e. The van der Waals surface area contributed by atoms with E-state index in [0.717, 1.165) is 17.1 Å². The van der Waals surface area contributed by atoms with Crippen LogP contribution in [0.4, 0.5) is 0 Å². The lowest BCUT2D eigenvalue weighted by Gasteiger charge is -1.97. The molecule has 14 heavy (non-hydrogen) atoms. The molecule has 0 saturated heterocycles. The highest BCUT2D eigenvalue weighted by molar-refractivity contribution is 5.56. The number of nitrogens with zero attached hydrogens (tertiary/aromatic N) is 2. The molecule has 0 aliphatic rings. The van der Waals surface area contributed by atoms with Crippen molar-refractivity contribution in [3.8, 4) is 11.3 Å². The first-order chi connectivity index (χ1) is 6.77. The minimum absolute atomic E-state index is 0.431. The molecule has 2 heterocycles. The molecule has 0 atom stereocenters. The van der Waals surface area contributed by atoms with Gasteiger partial charge in [0.25, 0.3) is 0 Å². The number of hydrogen-bond donors (Lipinski definition) is 1. The van der Waals surface area contributed by atoms with Gasteiger partial charge >= 0.3 is 0 Å². The zero-order valence-electron chi connectivity index (χ0n) is 8.36. The number of nitrogens with one attached hydrogen (secondary N) is 1. The molecule has 0 aromatic carbocycles. The highest BCUT2D eigenvalue weighted by Gasteiger charge is 2.05. The Morgan fingerprint density at radius 3 is 2.79 bits per heavy atom. The van der Waals surface area contributed by atoms with Crippen LogP contribution in [0.1, 0.15) is 25.6 Å². The first-order valence-corrected chi connectivity index (χ1v) is 4.73. The van der Waals surface area contributed by atoms with E-state index in [4.69, 9.17) is 0 Å². The van der Waals surface area contributed by atoms with Crippen molar-refractivity contribution < 1.29 is 0 Å². The van der Waals surface area contributed by atoms with Gasteiger partial charge in [-0.2, -0.15) is 0 Å². The number of pyridine rings is 1. The van der Waals surface area contributed by atoms with Crippen LogP contribution < -0.4 is 0 Å². The van der Waals surface area contributed by atoms with Gasteiger partial charge in [0.05, 0.1) is 5.69 Å². The first kappa shape index (κ1) is 8.94. The van der Waals surface area contributed by atoms with Gasteiger partial charge in [0.1, 0.15) is 5.82 Å². The maximum absolute atomic E-state index is 4.48. The second-order valence-corrected chi connectivity index (χ2v) is 3.57. The molecule has 0 fully saturated rings. The number of aromatic nitrogens is 3. The van der Waals surface area contributed by atoms with Crippen molar-refractivity contribution in [3.05, 3.63) is 36.5 Å². The third-order valence-corrected chi connectivity index (χ3v) is 2.10. The standard InChI is InChI=1S/C11H13N3/c1-8(2)11-13-7-10(14-11)9-4-3-5-12-6-9/h3-8H,1-2H3,(H,13,14). The van der Waals surface area contributed by atoms with Crippen LogP contribution in [0.25, 0.3) is 11.3 Å². The van der Waals surface area contributed by atoms with E-state index in [2.05, 4.69) is 28.8 Å². The molecule has 2 aromatic rings. The third-order valence-electron chi connectivity index (χ3n) is 2.10. The Bertz CT molecular complexity index is 403. The van der Waals surface area contributed by atoms with E-state index < -0.39 is 0 Å². The van der Waals surface area contributed by atoms with Crippen LogP contribution in [0.2, 0.25) is 0 Å². The summed E-state index contributed by atoms with van der Waals surface area (Å²) in [6.07, 6.45) is 5.51. The highest BCUT2D eigenvalue weighted by atomic mass is 14.9. The average Bonchev–Trinajstić information content (AvgIpc) is 2.68. The summed E-state index contributed by atoms with van der Waals surface area (Å²) >= 11 is 0. The molecule has 2 rings (SSSR count). The van der Waals surface area contributed by atoms with Crippen molar-refractivity contribution in [2.75, 3.05) is 0 Å². The zero-order chi connectivity index (χ0) is 9.97. The van der Waals surface area contributed by atoms with Crippen LogP contribution in [0.15, 0.2) is 30.7 Å². The molecule has 2 aromatic heterocycles. The van der Waals surface area contributed by atoms with E-state index in [1.807, 2.05) is 24.5 Å². The van der Waals surface area contributed by atoms with Crippen molar-refractivity contribution in [2.24, 2.45) is 0 Å². The van der Waals surface area contributed by atoms with Gasteiger partial charge in [-0.25, -0.2) is 4.98 Å². The maximum Gasteiger partial charge on any atom is 0.109 e. The molecule has 0 unspecified atom stereocenters. The summed E-state index contributed by atoms with van der Waals surface area (Å²) in [6, 6.07) is 3.92. The van der Waals surface area contributed by atoms with Crippen molar-refractivity contribution in [1.82, 2.24) is 15.0 Å². The number of hydrogen-bond acceptors (Lipinski definition) is 2. The Morgan fingerprint density at radius 1 is 1.36 bits per heavy atom. The maximum atomic E-state index is 4.48. The summed E-state index contributed by atoms with van der Waals surface area (Å²) in [5.74, 6) is 1.45. The minimum Gasteiger partial charge on any atom is -0.348 e. The molecule has 0 aliphatic carbocycles. The molecule has 72 valence electrons. The Balaban J connectivity index is 2.34. The SMILES string of the molecule is CC(C)c1nc(-c2cccnc2)c[nH]1. The summed E-state index contributed by atoms with van der Waals surface area (Å²) in [6.45, 7) is 4.23. The monoisotopic (exact) mass is 187 g/mol. The van der Waals surface area contributed by atoms with E-state index in [-0.39, 0.29) is 0 Å².